The lowest BCUT2D eigenvalue weighted by atomic mass is 9.75. The summed E-state index contributed by atoms with van der Waals surface area (Å²) in [7, 11) is 0. The zero-order valence-electron chi connectivity index (χ0n) is 16.8. The summed E-state index contributed by atoms with van der Waals surface area (Å²) in [5, 5.41) is 4.97. The van der Waals surface area contributed by atoms with Gasteiger partial charge in [0.05, 0.1) is 5.69 Å². The minimum atomic E-state index is -1.06. The van der Waals surface area contributed by atoms with E-state index < -0.39 is 22.9 Å². The fraction of sp³-hybridized carbons (Fsp3) is 0.571. The van der Waals surface area contributed by atoms with Gasteiger partial charge in [0.1, 0.15) is 17.9 Å². The number of carbonyl (C=O) groups excluding carboxylic acids is 3. The molecule has 6 nitrogen and oxygen atoms in total. The van der Waals surface area contributed by atoms with Crippen LogP contribution < -0.4 is 10.6 Å². The van der Waals surface area contributed by atoms with Gasteiger partial charge in [-0.25, -0.2) is 0 Å². The van der Waals surface area contributed by atoms with Crippen molar-refractivity contribution in [2.24, 2.45) is 17.8 Å². The zero-order chi connectivity index (χ0) is 19.9. The van der Waals surface area contributed by atoms with E-state index in [1.54, 1.807) is 0 Å². The highest BCUT2D eigenvalue weighted by Gasteiger charge is 2.75. The topological polar surface area (TPSA) is 83.1 Å². The molecule has 3 heterocycles. The van der Waals surface area contributed by atoms with Crippen molar-refractivity contribution in [3.63, 3.8) is 0 Å². The summed E-state index contributed by atoms with van der Waals surface area (Å²) in [6.07, 6.45) is 0. The number of hydrogen-bond donors (Lipinski definition) is 2. The van der Waals surface area contributed by atoms with Crippen LogP contribution in [0.4, 0.5) is 5.69 Å². The molecule has 0 unspecified atom stereocenters. The van der Waals surface area contributed by atoms with E-state index in [1.165, 1.54) is 4.90 Å². The largest absolute Gasteiger partial charge is 0.326 e. The van der Waals surface area contributed by atoms with Crippen LogP contribution >= 0.6 is 0 Å². The fourth-order valence-electron chi connectivity index (χ4n) is 5.27. The van der Waals surface area contributed by atoms with Crippen molar-refractivity contribution in [1.29, 1.82) is 0 Å². The summed E-state index contributed by atoms with van der Waals surface area (Å²) in [5.74, 6) is -1.53. The molecule has 6 heteroatoms. The number of amides is 3. The minimum absolute atomic E-state index is 0.115. The SMILES string of the molecule is Cc1ccc2c(c1)[C@]1([NH2+][C@@H](C(C)C)[C@H]3C(=O)N(C(C)(C)C)C(=O)[C@H]31)C(=O)N2. The maximum absolute atomic E-state index is 13.5. The van der Waals surface area contributed by atoms with E-state index in [1.807, 2.05) is 51.2 Å². The number of anilines is 1. The predicted molar refractivity (Wildman–Crippen MR) is 101 cm³/mol. The van der Waals surface area contributed by atoms with Crippen LogP contribution in [0.2, 0.25) is 0 Å². The summed E-state index contributed by atoms with van der Waals surface area (Å²) in [5.41, 5.74) is 0.952. The lowest BCUT2D eigenvalue weighted by Gasteiger charge is -2.33. The average molecular weight is 370 g/mol. The molecule has 0 radical (unpaired) electrons. The Hall–Kier alpha value is -2.21. The molecule has 2 saturated heterocycles. The summed E-state index contributed by atoms with van der Waals surface area (Å²) in [6, 6.07) is 5.72. The number of benzene rings is 1. The van der Waals surface area contributed by atoms with Crippen molar-refractivity contribution >= 4 is 23.4 Å². The van der Waals surface area contributed by atoms with Gasteiger partial charge in [0.25, 0.3) is 5.91 Å². The van der Waals surface area contributed by atoms with Crippen LogP contribution in [-0.4, -0.2) is 34.2 Å². The van der Waals surface area contributed by atoms with Crippen LogP contribution in [0.25, 0.3) is 0 Å². The Morgan fingerprint density at radius 2 is 1.81 bits per heavy atom. The van der Waals surface area contributed by atoms with Crippen LogP contribution in [0, 0.1) is 24.7 Å². The summed E-state index contributed by atoms with van der Waals surface area (Å²) in [6.45, 7) is 11.7. The first-order chi connectivity index (χ1) is 12.5. The third kappa shape index (κ3) is 2.19. The lowest BCUT2D eigenvalue weighted by Crippen LogP contribution is -2.99. The molecule has 144 valence electrons. The van der Waals surface area contributed by atoms with E-state index in [0.29, 0.717) is 0 Å². The quantitative estimate of drug-likeness (QED) is 0.728. The maximum Gasteiger partial charge on any atom is 0.291 e. The molecule has 0 bridgehead atoms. The Bertz CT molecular complexity index is 870. The molecule has 3 aliphatic rings. The molecule has 27 heavy (non-hydrogen) atoms. The Morgan fingerprint density at radius 1 is 1.15 bits per heavy atom. The third-order valence-electron chi connectivity index (χ3n) is 6.40. The molecule has 1 aromatic carbocycles. The van der Waals surface area contributed by atoms with E-state index in [9.17, 15) is 14.4 Å². The van der Waals surface area contributed by atoms with Crippen molar-refractivity contribution in [2.75, 3.05) is 5.32 Å². The molecule has 3 amide bonds. The Balaban J connectivity index is 1.95. The molecule has 2 fully saturated rings. The van der Waals surface area contributed by atoms with E-state index in [2.05, 4.69) is 19.2 Å². The number of carbonyl (C=O) groups is 3. The van der Waals surface area contributed by atoms with Gasteiger partial charge in [0, 0.05) is 17.0 Å². The highest BCUT2D eigenvalue weighted by Crippen LogP contribution is 2.51. The molecule has 0 saturated carbocycles. The second kappa shape index (κ2) is 5.41. The second-order valence-corrected chi connectivity index (χ2v) is 9.55. The van der Waals surface area contributed by atoms with Gasteiger partial charge in [0.15, 0.2) is 0 Å². The number of nitrogens with one attached hydrogen (secondary N) is 1. The molecule has 0 aromatic heterocycles. The van der Waals surface area contributed by atoms with E-state index in [-0.39, 0.29) is 29.7 Å². The zero-order valence-corrected chi connectivity index (χ0v) is 16.8. The Labute approximate surface area is 159 Å². The van der Waals surface area contributed by atoms with E-state index in [4.69, 9.17) is 0 Å². The molecular weight excluding hydrogens is 342 g/mol. The number of hydrogen-bond acceptors (Lipinski definition) is 3. The summed E-state index contributed by atoms with van der Waals surface area (Å²) in [4.78, 5) is 41.5. The van der Waals surface area contributed by atoms with Crippen molar-refractivity contribution < 1.29 is 19.7 Å². The molecule has 3 N–H and O–H groups in total. The number of fused-ring (bicyclic) bond motifs is 4. The van der Waals surface area contributed by atoms with Gasteiger partial charge in [-0.15, -0.1) is 0 Å². The number of rotatable bonds is 1. The van der Waals surface area contributed by atoms with Gasteiger partial charge in [-0.3, -0.25) is 19.3 Å². The van der Waals surface area contributed by atoms with Gasteiger partial charge in [-0.1, -0.05) is 25.5 Å². The van der Waals surface area contributed by atoms with Crippen molar-refractivity contribution in [3.8, 4) is 0 Å². The van der Waals surface area contributed by atoms with Crippen LogP contribution in [0.15, 0.2) is 18.2 Å². The lowest BCUT2D eigenvalue weighted by molar-refractivity contribution is -0.738. The number of aryl methyl sites for hydroxylation is 1. The maximum atomic E-state index is 13.5. The van der Waals surface area contributed by atoms with Crippen molar-refractivity contribution in [1.82, 2.24) is 4.90 Å². The van der Waals surface area contributed by atoms with Crippen molar-refractivity contribution in [3.05, 3.63) is 29.3 Å². The summed E-state index contributed by atoms with van der Waals surface area (Å²) >= 11 is 0. The first kappa shape index (κ1) is 18.2. The number of nitrogens with two attached hydrogens (primary N) is 1. The number of nitrogens with zero attached hydrogens (tertiary/aromatic N) is 1. The normalized spacial score (nSPS) is 32.5. The van der Waals surface area contributed by atoms with Crippen molar-refractivity contribution in [2.45, 2.75) is 58.7 Å². The highest BCUT2D eigenvalue weighted by atomic mass is 16.2. The Morgan fingerprint density at radius 3 is 2.41 bits per heavy atom. The molecule has 0 aliphatic carbocycles. The molecule has 1 aromatic rings. The molecule has 4 rings (SSSR count). The van der Waals surface area contributed by atoms with Crippen LogP contribution in [-0.2, 0) is 19.9 Å². The molecular formula is C21H28N3O3+. The number of imide groups is 1. The minimum Gasteiger partial charge on any atom is -0.326 e. The van der Waals surface area contributed by atoms with E-state index >= 15 is 0 Å². The Kier molecular flexibility index (Phi) is 3.64. The first-order valence-electron chi connectivity index (χ1n) is 9.66. The smallest absolute Gasteiger partial charge is 0.291 e. The molecule has 3 aliphatic heterocycles. The van der Waals surface area contributed by atoms with Gasteiger partial charge < -0.3 is 10.6 Å². The van der Waals surface area contributed by atoms with Gasteiger partial charge >= 0.3 is 0 Å². The number of likely N-dealkylation sites (tertiary alicyclic amines) is 1. The predicted octanol–water partition coefficient (Wildman–Crippen LogP) is 1.14. The average Bonchev–Trinajstić information content (AvgIpc) is 3.13. The monoisotopic (exact) mass is 370 g/mol. The van der Waals surface area contributed by atoms with Gasteiger partial charge in [-0.2, -0.15) is 0 Å². The fourth-order valence-corrected chi connectivity index (χ4v) is 5.27. The van der Waals surface area contributed by atoms with Crippen LogP contribution in [0.1, 0.15) is 45.7 Å². The highest BCUT2D eigenvalue weighted by molar-refractivity contribution is 6.14. The second-order valence-electron chi connectivity index (χ2n) is 9.55. The number of quaternary nitrogens is 1. The van der Waals surface area contributed by atoms with E-state index in [0.717, 1.165) is 16.8 Å². The van der Waals surface area contributed by atoms with Crippen LogP contribution in [0.5, 0.6) is 0 Å². The summed E-state index contributed by atoms with van der Waals surface area (Å²) < 4.78 is 0. The van der Waals surface area contributed by atoms with Gasteiger partial charge in [0.2, 0.25) is 17.4 Å². The third-order valence-corrected chi connectivity index (χ3v) is 6.40. The molecule has 4 atom stereocenters. The molecule has 1 spiro atoms. The van der Waals surface area contributed by atoms with Gasteiger partial charge in [-0.05, 0) is 39.8 Å². The first-order valence-corrected chi connectivity index (χ1v) is 9.66. The standard InChI is InChI=1S/C21H27N3O3/c1-10(2)16-14-15(18(26)24(17(14)25)20(4,5)6)21(23-16)12-9-11(3)7-8-13(12)22-19(21)27/h7-10,14-16,23H,1-6H3,(H,22,27)/p+1/t14-,15-,16-,21+/m0/s1. The van der Waals surface area contributed by atoms with Crippen LogP contribution in [0.3, 0.4) is 0 Å².